The zero-order valence-electron chi connectivity index (χ0n) is 17.4. The van der Waals surface area contributed by atoms with Gasteiger partial charge >= 0.3 is 5.97 Å². The molecule has 0 aliphatic heterocycles. The van der Waals surface area contributed by atoms with Crippen LogP contribution in [-0.4, -0.2) is 26.1 Å². The molecular formula is C23H22ClNO5S. The molecule has 0 saturated heterocycles. The predicted octanol–water partition coefficient (Wildman–Crippen LogP) is 5.72. The Morgan fingerprint density at radius 1 is 1.29 bits per heavy atom. The number of hydrogen-bond acceptors (Lipinski definition) is 6. The Labute approximate surface area is 188 Å². The van der Waals surface area contributed by atoms with E-state index in [0.29, 0.717) is 38.6 Å². The number of ether oxygens (including phenoxy) is 2. The van der Waals surface area contributed by atoms with Gasteiger partial charge < -0.3 is 19.2 Å². The van der Waals surface area contributed by atoms with Crippen LogP contribution in [0.2, 0.25) is 5.02 Å². The highest BCUT2D eigenvalue weighted by molar-refractivity contribution is 7.17. The maximum Gasteiger partial charge on any atom is 0.341 e. The third kappa shape index (κ3) is 4.34. The van der Waals surface area contributed by atoms with Crippen molar-refractivity contribution in [1.29, 1.82) is 0 Å². The molecule has 0 unspecified atom stereocenters. The van der Waals surface area contributed by atoms with Crippen molar-refractivity contribution in [2.75, 3.05) is 19.5 Å². The van der Waals surface area contributed by atoms with Crippen LogP contribution >= 0.6 is 22.9 Å². The molecule has 4 rings (SSSR count). The van der Waals surface area contributed by atoms with Crippen LogP contribution in [0.15, 0.2) is 28.7 Å². The number of benzene rings is 1. The number of furan rings is 1. The van der Waals surface area contributed by atoms with Crippen molar-refractivity contribution in [3.8, 4) is 5.75 Å². The highest BCUT2D eigenvalue weighted by atomic mass is 35.5. The van der Waals surface area contributed by atoms with E-state index in [9.17, 15) is 9.59 Å². The van der Waals surface area contributed by atoms with Gasteiger partial charge in [0.2, 0.25) is 5.91 Å². The predicted molar refractivity (Wildman–Crippen MR) is 122 cm³/mol. The van der Waals surface area contributed by atoms with Crippen molar-refractivity contribution in [1.82, 2.24) is 0 Å². The molecule has 31 heavy (non-hydrogen) atoms. The van der Waals surface area contributed by atoms with Crippen LogP contribution in [0.3, 0.4) is 0 Å². The van der Waals surface area contributed by atoms with Crippen molar-refractivity contribution in [3.05, 3.63) is 51.1 Å². The number of methoxy groups -OCH3 is 2. The van der Waals surface area contributed by atoms with Crippen LogP contribution in [0.4, 0.5) is 5.00 Å². The summed E-state index contributed by atoms with van der Waals surface area (Å²) in [5.74, 6) is 0.777. The quantitative estimate of drug-likeness (QED) is 0.390. The molecule has 1 N–H and O–H groups in total. The molecule has 1 amide bonds. The smallest absolute Gasteiger partial charge is 0.341 e. The van der Waals surface area contributed by atoms with Gasteiger partial charge in [0.15, 0.2) is 11.3 Å². The van der Waals surface area contributed by atoms with Gasteiger partial charge in [0.05, 0.1) is 19.8 Å². The van der Waals surface area contributed by atoms with Gasteiger partial charge in [-0.1, -0.05) is 18.5 Å². The summed E-state index contributed by atoms with van der Waals surface area (Å²) < 4.78 is 16.0. The van der Waals surface area contributed by atoms with Crippen LogP contribution in [0, 0.1) is 5.92 Å². The van der Waals surface area contributed by atoms with Gasteiger partial charge in [0.1, 0.15) is 10.8 Å². The molecular weight excluding hydrogens is 438 g/mol. The average Bonchev–Trinajstić information content (AvgIpc) is 3.31. The highest BCUT2D eigenvalue weighted by Crippen LogP contribution is 2.40. The van der Waals surface area contributed by atoms with E-state index in [1.54, 1.807) is 24.3 Å². The fraction of sp³-hybridized carbons (Fsp3) is 0.304. The molecule has 6 nitrogen and oxygen atoms in total. The zero-order chi connectivity index (χ0) is 22.1. The number of fused-ring (bicyclic) bond motifs is 2. The minimum Gasteiger partial charge on any atom is -0.493 e. The Bertz CT molecular complexity index is 1190. The van der Waals surface area contributed by atoms with Crippen molar-refractivity contribution in [2.45, 2.75) is 26.2 Å². The molecule has 162 valence electrons. The Kier molecular flexibility index (Phi) is 6.07. The first kappa shape index (κ1) is 21.5. The molecule has 2 heterocycles. The first-order valence-electron chi connectivity index (χ1n) is 9.88. The second-order valence-electron chi connectivity index (χ2n) is 7.55. The average molecular weight is 460 g/mol. The van der Waals surface area contributed by atoms with Gasteiger partial charge in [-0.25, -0.2) is 4.79 Å². The molecule has 1 aliphatic rings. The zero-order valence-corrected chi connectivity index (χ0v) is 19.0. The van der Waals surface area contributed by atoms with E-state index < -0.39 is 5.97 Å². The third-order valence-electron chi connectivity index (χ3n) is 5.32. The van der Waals surface area contributed by atoms with E-state index in [-0.39, 0.29) is 5.91 Å². The lowest BCUT2D eigenvalue weighted by atomic mass is 9.88. The van der Waals surface area contributed by atoms with E-state index in [2.05, 4.69) is 12.2 Å². The molecule has 0 spiro atoms. The van der Waals surface area contributed by atoms with Gasteiger partial charge in [-0.05, 0) is 49.0 Å². The Hall–Kier alpha value is -2.77. The molecule has 1 atom stereocenters. The topological polar surface area (TPSA) is 77.8 Å². The minimum absolute atomic E-state index is 0.359. The van der Waals surface area contributed by atoms with Crippen molar-refractivity contribution in [3.63, 3.8) is 0 Å². The SMILES string of the molecule is COC(=O)c1c(NC(=O)/C=C/c2cc3cc(Cl)cc(OC)c3o2)sc2c1CC[C@H](C)C2. The van der Waals surface area contributed by atoms with Gasteiger partial charge in [-0.15, -0.1) is 11.3 Å². The number of rotatable bonds is 5. The summed E-state index contributed by atoms with van der Waals surface area (Å²) in [5, 5.41) is 4.67. The van der Waals surface area contributed by atoms with Crippen LogP contribution in [0.1, 0.15) is 39.9 Å². The van der Waals surface area contributed by atoms with Crippen molar-refractivity contribution >= 4 is 56.9 Å². The number of amides is 1. The standard InChI is InChI=1S/C23H22ClNO5S/c1-12-4-6-16-18(8-12)31-22(20(16)23(27)29-3)25-19(26)7-5-15-10-13-9-14(24)11-17(28-2)21(13)30-15/h5,7,9-12H,4,6,8H2,1-3H3,(H,25,26)/b7-5+/t12-/m0/s1. The van der Waals surface area contributed by atoms with E-state index in [4.69, 9.17) is 25.5 Å². The number of carbonyl (C=O) groups excluding carboxylic acids is 2. The fourth-order valence-electron chi connectivity index (χ4n) is 3.81. The lowest BCUT2D eigenvalue weighted by Gasteiger charge is -2.18. The third-order valence-corrected chi connectivity index (χ3v) is 6.71. The normalized spacial score (nSPS) is 15.8. The molecule has 2 aromatic heterocycles. The highest BCUT2D eigenvalue weighted by Gasteiger charge is 2.28. The summed E-state index contributed by atoms with van der Waals surface area (Å²) in [6, 6.07) is 5.21. The monoisotopic (exact) mass is 459 g/mol. The van der Waals surface area contributed by atoms with E-state index >= 15 is 0 Å². The largest absolute Gasteiger partial charge is 0.493 e. The molecule has 0 saturated carbocycles. The summed E-state index contributed by atoms with van der Waals surface area (Å²) in [7, 11) is 2.89. The molecule has 0 bridgehead atoms. The summed E-state index contributed by atoms with van der Waals surface area (Å²) in [6.07, 6.45) is 5.66. The van der Waals surface area contributed by atoms with Crippen LogP contribution in [-0.2, 0) is 22.4 Å². The number of hydrogen-bond donors (Lipinski definition) is 1. The van der Waals surface area contributed by atoms with E-state index in [1.807, 2.05) is 0 Å². The Morgan fingerprint density at radius 2 is 2.10 bits per heavy atom. The first-order chi connectivity index (χ1) is 14.9. The minimum atomic E-state index is -0.424. The first-order valence-corrected chi connectivity index (χ1v) is 11.1. The molecule has 8 heteroatoms. The lowest BCUT2D eigenvalue weighted by molar-refractivity contribution is -0.111. The Balaban J connectivity index is 1.57. The van der Waals surface area contributed by atoms with Gasteiger partial charge in [-0.3, -0.25) is 4.79 Å². The summed E-state index contributed by atoms with van der Waals surface area (Å²) in [4.78, 5) is 26.1. The number of nitrogens with one attached hydrogen (secondary N) is 1. The summed E-state index contributed by atoms with van der Waals surface area (Å²) in [5.41, 5.74) is 2.02. The molecule has 0 radical (unpaired) electrons. The maximum atomic E-state index is 12.6. The number of halogens is 1. The molecule has 1 aromatic carbocycles. The number of thiophene rings is 1. The molecule has 0 fully saturated rings. The fourth-order valence-corrected chi connectivity index (χ4v) is 5.43. The van der Waals surface area contributed by atoms with Gasteiger partial charge in [-0.2, -0.15) is 0 Å². The number of esters is 1. The molecule has 3 aromatic rings. The second-order valence-corrected chi connectivity index (χ2v) is 9.09. The number of anilines is 1. The van der Waals surface area contributed by atoms with Crippen molar-refractivity contribution < 1.29 is 23.5 Å². The summed E-state index contributed by atoms with van der Waals surface area (Å²) in [6.45, 7) is 2.19. The second kappa shape index (κ2) is 8.77. The maximum absolute atomic E-state index is 12.6. The van der Waals surface area contributed by atoms with Crippen LogP contribution in [0.25, 0.3) is 17.0 Å². The van der Waals surface area contributed by atoms with Gasteiger partial charge in [0.25, 0.3) is 0 Å². The Morgan fingerprint density at radius 3 is 2.84 bits per heavy atom. The van der Waals surface area contributed by atoms with Crippen LogP contribution < -0.4 is 10.1 Å². The summed E-state index contributed by atoms with van der Waals surface area (Å²) >= 11 is 7.54. The number of carbonyl (C=O) groups is 2. The van der Waals surface area contributed by atoms with E-state index in [0.717, 1.165) is 35.1 Å². The van der Waals surface area contributed by atoms with Crippen LogP contribution in [0.5, 0.6) is 5.75 Å². The lowest BCUT2D eigenvalue weighted by Crippen LogP contribution is -2.14. The van der Waals surface area contributed by atoms with E-state index in [1.165, 1.54) is 31.6 Å². The van der Waals surface area contributed by atoms with Crippen molar-refractivity contribution in [2.24, 2.45) is 5.92 Å². The van der Waals surface area contributed by atoms with Gasteiger partial charge in [0, 0.05) is 27.4 Å². The molecule has 1 aliphatic carbocycles.